The van der Waals surface area contributed by atoms with Gasteiger partial charge in [-0.2, -0.15) is 0 Å². The number of benzene rings is 2. The lowest BCUT2D eigenvalue weighted by Crippen LogP contribution is -2.34. The van der Waals surface area contributed by atoms with Crippen LogP contribution >= 0.6 is 15.9 Å². The van der Waals surface area contributed by atoms with E-state index in [1.54, 1.807) is 18.2 Å². The summed E-state index contributed by atoms with van der Waals surface area (Å²) >= 11 is 3.45. The summed E-state index contributed by atoms with van der Waals surface area (Å²) in [6.45, 7) is 2.46. The van der Waals surface area contributed by atoms with Crippen molar-refractivity contribution >= 4 is 43.2 Å². The fourth-order valence-corrected chi connectivity index (χ4v) is 4.55. The first kappa shape index (κ1) is 17.9. The van der Waals surface area contributed by atoms with E-state index in [0.717, 1.165) is 28.4 Å². The number of sulfonamides is 1. The van der Waals surface area contributed by atoms with Gasteiger partial charge in [-0.3, -0.25) is 9.10 Å². The molecule has 1 heterocycles. The smallest absolute Gasteiger partial charge is 0.255 e. The maximum absolute atomic E-state index is 12.6. The molecule has 0 atom stereocenters. The van der Waals surface area contributed by atoms with Gasteiger partial charge in [0.25, 0.3) is 5.91 Å². The quantitative estimate of drug-likeness (QED) is 0.819. The lowest BCUT2D eigenvalue weighted by atomic mass is 10.0. The fraction of sp³-hybridized carbons (Fsp3) is 0.278. The van der Waals surface area contributed by atoms with Crippen molar-refractivity contribution in [2.24, 2.45) is 0 Å². The van der Waals surface area contributed by atoms with Gasteiger partial charge in [-0.1, -0.05) is 6.07 Å². The summed E-state index contributed by atoms with van der Waals surface area (Å²) in [7, 11) is -3.30. The molecule has 0 saturated carbocycles. The molecule has 2 aromatic carbocycles. The maximum Gasteiger partial charge on any atom is 0.255 e. The second kappa shape index (κ2) is 6.80. The molecule has 1 aliphatic heterocycles. The Kier molecular flexibility index (Phi) is 4.88. The van der Waals surface area contributed by atoms with E-state index in [0.29, 0.717) is 23.5 Å². The highest BCUT2D eigenvalue weighted by molar-refractivity contribution is 9.10. The summed E-state index contributed by atoms with van der Waals surface area (Å²) in [4.78, 5) is 12.6. The molecule has 5 nitrogen and oxygen atoms in total. The lowest BCUT2D eigenvalue weighted by Gasteiger charge is -2.29. The number of aryl methyl sites for hydroxylation is 2. The van der Waals surface area contributed by atoms with E-state index in [9.17, 15) is 13.2 Å². The van der Waals surface area contributed by atoms with E-state index in [2.05, 4.69) is 21.2 Å². The first-order valence-electron chi connectivity index (χ1n) is 7.94. The highest BCUT2D eigenvalue weighted by Crippen LogP contribution is 2.30. The van der Waals surface area contributed by atoms with E-state index in [1.165, 1.54) is 10.6 Å². The van der Waals surface area contributed by atoms with Gasteiger partial charge >= 0.3 is 0 Å². The van der Waals surface area contributed by atoms with Gasteiger partial charge in [0.2, 0.25) is 10.0 Å². The van der Waals surface area contributed by atoms with Gasteiger partial charge in [0.1, 0.15) is 0 Å². The Morgan fingerprint density at radius 3 is 2.64 bits per heavy atom. The number of nitrogens with one attached hydrogen (secondary N) is 1. The normalized spacial score (nSPS) is 14.1. The van der Waals surface area contributed by atoms with Gasteiger partial charge in [-0.05, 0) is 77.2 Å². The average Bonchev–Trinajstić information content (AvgIpc) is 2.55. The van der Waals surface area contributed by atoms with E-state index in [-0.39, 0.29) is 5.91 Å². The van der Waals surface area contributed by atoms with Crippen molar-refractivity contribution in [3.05, 3.63) is 57.6 Å². The number of nitrogens with zero attached hydrogens (tertiary/aromatic N) is 1. The van der Waals surface area contributed by atoms with Crippen LogP contribution in [-0.4, -0.2) is 27.1 Å². The van der Waals surface area contributed by atoms with Crippen molar-refractivity contribution in [2.75, 3.05) is 22.4 Å². The van der Waals surface area contributed by atoms with Crippen LogP contribution in [0.1, 0.15) is 27.9 Å². The Labute approximate surface area is 156 Å². The molecule has 1 N–H and O–H groups in total. The Morgan fingerprint density at radius 2 is 1.96 bits per heavy atom. The summed E-state index contributed by atoms with van der Waals surface area (Å²) in [6, 6.07) is 10.9. The van der Waals surface area contributed by atoms with Crippen LogP contribution in [0.4, 0.5) is 11.4 Å². The molecule has 0 saturated heterocycles. The predicted octanol–water partition coefficient (Wildman–Crippen LogP) is 3.72. The number of hydrogen-bond donors (Lipinski definition) is 1. The zero-order valence-corrected chi connectivity index (χ0v) is 16.4. The topological polar surface area (TPSA) is 66.5 Å². The Morgan fingerprint density at radius 1 is 1.20 bits per heavy atom. The molecule has 0 aliphatic carbocycles. The molecular weight excluding hydrogens is 404 g/mol. The highest BCUT2D eigenvalue weighted by Gasteiger charge is 2.24. The van der Waals surface area contributed by atoms with E-state index >= 15 is 0 Å². The number of anilines is 2. The number of fused-ring (bicyclic) bond motifs is 1. The van der Waals surface area contributed by atoms with Crippen molar-refractivity contribution in [2.45, 2.75) is 19.8 Å². The summed E-state index contributed by atoms with van der Waals surface area (Å²) in [6.07, 6.45) is 2.71. The van der Waals surface area contributed by atoms with Crippen molar-refractivity contribution < 1.29 is 13.2 Å². The molecule has 25 heavy (non-hydrogen) atoms. The largest absolute Gasteiger partial charge is 0.321 e. The van der Waals surface area contributed by atoms with Crippen LogP contribution in [0, 0.1) is 6.92 Å². The molecule has 0 aromatic heterocycles. The molecular formula is C18H19BrN2O3S. The van der Waals surface area contributed by atoms with Crippen LogP contribution < -0.4 is 9.62 Å². The first-order chi connectivity index (χ1) is 11.8. The van der Waals surface area contributed by atoms with Crippen LogP contribution in [0.25, 0.3) is 0 Å². The third kappa shape index (κ3) is 3.88. The standard InChI is InChI=1S/C18H19BrN2O3S/c1-12-5-7-16(15(19)10-12)20-18(22)14-6-8-17-13(11-14)4-3-9-21(17)25(2,23)24/h5-8,10-11H,3-4,9H2,1-2H3,(H,20,22). The fourth-order valence-electron chi connectivity index (χ4n) is 2.96. The van der Waals surface area contributed by atoms with Crippen molar-refractivity contribution in [1.82, 2.24) is 0 Å². The molecule has 0 spiro atoms. The van der Waals surface area contributed by atoms with Crippen LogP contribution in [0.15, 0.2) is 40.9 Å². The Bertz CT molecular complexity index is 941. The maximum atomic E-state index is 12.6. The second-order valence-corrected chi connectivity index (χ2v) is 8.98. The van der Waals surface area contributed by atoms with E-state index in [1.807, 2.05) is 25.1 Å². The molecule has 2 aromatic rings. The third-order valence-electron chi connectivity index (χ3n) is 4.19. The number of amides is 1. The van der Waals surface area contributed by atoms with Crippen LogP contribution in [0.5, 0.6) is 0 Å². The van der Waals surface area contributed by atoms with Crippen LogP contribution in [0.3, 0.4) is 0 Å². The number of carbonyl (C=O) groups is 1. The average molecular weight is 423 g/mol. The summed E-state index contributed by atoms with van der Waals surface area (Å²) in [5, 5.41) is 2.88. The minimum atomic E-state index is -3.30. The zero-order valence-electron chi connectivity index (χ0n) is 14.0. The SMILES string of the molecule is Cc1ccc(NC(=O)c2ccc3c(c2)CCCN3S(C)(=O)=O)c(Br)c1. The van der Waals surface area contributed by atoms with Gasteiger partial charge in [-0.15, -0.1) is 0 Å². The predicted molar refractivity (Wildman–Crippen MR) is 104 cm³/mol. The van der Waals surface area contributed by atoms with Gasteiger partial charge in [0, 0.05) is 16.6 Å². The van der Waals surface area contributed by atoms with Crippen LogP contribution in [-0.2, 0) is 16.4 Å². The number of hydrogen-bond acceptors (Lipinski definition) is 3. The molecule has 0 unspecified atom stereocenters. The number of carbonyl (C=O) groups excluding carboxylic acids is 1. The Hall–Kier alpha value is -1.86. The lowest BCUT2D eigenvalue weighted by molar-refractivity contribution is 0.102. The van der Waals surface area contributed by atoms with E-state index in [4.69, 9.17) is 0 Å². The monoisotopic (exact) mass is 422 g/mol. The zero-order chi connectivity index (χ0) is 18.2. The molecule has 3 rings (SSSR count). The third-order valence-corrected chi connectivity index (χ3v) is 6.03. The van der Waals surface area contributed by atoms with E-state index < -0.39 is 10.0 Å². The van der Waals surface area contributed by atoms with Gasteiger partial charge in [0.05, 0.1) is 17.6 Å². The van der Waals surface area contributed by atoms with Crippen molar-refractivity contribution in [3.63, 3.8) is 0 Å². The minimum Gasteiger partial charge on any atom is -0.321 e. The highest BCUT2D eigenvalue weighted by atomic mass is 79.9. The molecule has 1 amide bonds. The van der Waals surface area contributed by atoms with Crippen molar-refractivity contribution in [3.8, 4) is 0 Å². The summed E-state index contributed by atoms with van der Waals surface area (Å²) in [5.41, 5.74) is 3.86. The van der Waals surface area contributed by atoms with Gasteiger partial charge < -0.3 is 5.32 Å². The van der Waals surface area contributed by atoms with Gasteiger partial charge in [-0.25, -0.2) is 8.42 Å². The number of halogens is 1. The summed E-state index contributed by atoms with van der Waals surface area (Å²) in [5.74, 6) is -0.219. The molecule has 0 bridgehead atoms. The molecule has 0 radical (unpaired) electrons. The van der Waals surface area contributed by atoms with Crippen molar-refractivity contribution in [1.29, 1.82) is 0 Å². The Balaban J connectivity index is 1.88. The van der Waals surface area contributed by atoms with Crippen LogP contribution in [0.2, 0.25) is 0 Å². The molecule has 0 fully saturated rings. The molecule has 132 valence electrons. The first-order valence-corrected chi connectivity index (χ1v) is 10.6. The summed E-state index contributed by atoms with van der Waals surface area (Å²) < 4.78 is 26.1. The molecule has 1 aliphatic rings. The minimum absolute atomic E-state index is 0.219. The number of rotatable bonds is 3. The molecule has 7 heteroatoms. The second-order valence-electron chi connectivity index (χ2n) is 6.22. The van der Waals surface area contributed by atoms with Gasteiger partial charge in [0.15, 0.2) is 0 Å².